The standard InChI is InChI=1S/C25H31N7OS/c1-16-15-34-23-21(16)22(27-18-7-5-6-17(12-18)25(2,3)33)29-24(30-23)28-19-13-26-32(14-19)20-8-10-31(4)11-9-20/h5-7,12-15,20,33H,8-11H2,1-4H3,(H2,27,28,29,30). The van der Waals surface area contributed by atoms with Crippen LogP contribution in [-0.4, -0.2) is 49.9 Å². The zero-order valence-electron chi connectivity index (χ0n) is 20.0. The minimum Gasteiger partial charge on any atom is -0.386 e. The monoisotopic (exact) mass is 477 g/mol. The summed E-state index contributed by atoms with van der Waals surface area (Å²) in [6.45, 7) is 7.82. The molecule has 0 saturated carbocycles. The van der Waals surface area contributed by atoms with Crippen LogP contribution in [0.15, 0.2) is 42.0 Å². The molecule has 34 heavy (non-hydrogen) atoms. The summed E-state index contributed by atoms with van der Waals surface area (Å²) in [5, 5.41) is 24.9. The maximum absolute atomic E-state index is 10.4. The Morgan fingerprint density at radius 1 is 1.12 bits per heavy atom. The number of hydrogen-bond acceptors (Lipinski definition) is 8. The molecular weight excluding hydrogens is 446 g/mol. The van der Waals surface area contributed by atoms with Crippen LogP contribution in [0.1, 0.15) is 43.9 Å². The molecule has 0 aliphatic carbocycles. The number of likely N-dealkylation sites (tertiary alicyclic amines) is 1. The van der Waals surface area contributed by atoms with Gasteiger partial charge in [-0.3, -0.25) is 4.68 Å². The Hall–Kier alpha value is -3.01. The van der Waals surface area contributed by atoms with Crippen molar-refractivity contribution in [3.8, 4) is 0 Å². The number of benzene rings is 1. The fourth-order valence-electron chi connectivity index (χ4n) is 4.34. The van der Waals surface area contributed by atoms with Gasteiger partial charge in [-0.05, 0) is 82.4 Å². The number of aliphatic hydroxyl groups is 1. The van der Waals surface area contributed by atoms with E-state index in [1.165, 1.54) is 0 Å². The first-order chi connectivity index (χ1) is 16.3. The van der Waals surface area contributed by atoms with E-state index in [9.17, 15) is 5.11 Å². The minimum absolute atomic E-state index is 0.426. The highest BCUT2D eigenvalue weighted by molar-refractivity contribution is 7.17. The molecule has 0 spiro atoms. The molecular formula is C25H31N7OS. The average molecular weight is 478 g/mol. The number of piperidine rings is 1. The van der Waals surface area contributed by atoms with Crippen LogP contribution in [0.4, 0.5) is 23.1 Å². The van der Waals surface area contributed by atoms with Gasteiger partial charge in [-0.2, -0.15) is 10.1 Å². The number of aryl methyl sites for hydroxylation is 1. The van der Waals surface area contributed by atoms with Gasteiger partial charge in [0.1, 0.15) is 10.6 Å². The van der Waals surface area contributed by atoms with Crippen molar-refractivity contribution in [2.75, 3.05) is 30.8 Å². The third-order valence-corrected chi connectivity index (χ3v) is 7.36. The van der Waals surface area contributed by atoms with Crippen LogP contribution >= 0.6 is 11.3 Å². The molecule has 1 aliphatic heterocycles. The maximum Gasteiger partial charge on any atom is 0.230 e. The Balaban J connectivity index is 1.42. The largest absolute Gasteiger partial charge is 0.386 e. The van der Waals surface area contributed by atoms with Crippen molar-refractivity contribution in [1.82, 2.24) is 24.6 Å². The van der Waals surface area contributed by atoms with Gasteiger partial charge in [0.2, 0.25) is 5.95 Å². The molecule has 5 rings (SSSR count). The van der Waals surface area contributed by atoms with Crippen LogP contribution in [0.3, 0.4) is 0 Å². The number of hydrogen-bond donors (Lipinski definition) is 3. The molecule has 9 heteroatoms. The smallest absolute Gasteiger partial charge is 0.230 e. The van der Waals surface area contributed by atoms with Crippen LogP contribution in [0.5, 0.6) is 0 Å². The predicted octanol–water partition coefficient (Wildman–Crippen LogP) is 5.18. The van der Waals surface area contributed by atoms with E-state index in [2.05, 4.69) is 44.7 Å². The Morgan fingerprint density at radius 3 is 2.68 bits per heavy atom. The number of nitrogens with one attached hydrogen (secondary N) is 2. The second-order valence-corrected chi connectivity index (χ2v) is 10.5. The molecule has 0 unspecified atom stereocenters. The molecule has 1 fully saturated rings. The Labute approximate surface area is 203 Å². The number of fused-ring (bicyclic) bond motifs is 1. The predicted molar refractivity (Wildman–Crippen MR) is 138 cm³/mol. The lowest BCUT2D eigenvalue weighted by atomic mass is 9.98. The third kappa shape index (κ3) is 4.77. The van der Waals surface area contributed by atoms with Gasteiger partial charge in [0, 0.05) is 11.9 Å². The summed E-state index contributed by atoms with van der Waals surface area (Å²) < 4.78 is 2.06. The van der Waals surface area contributed by atoms with Crippen LogP contribution in [0.2, 0.25) is 0 Å². The lowest BCUT2D eigenvalue weighted by Gasteiger charge is -2.28. The van der Waals surface area contributed by atoms with Crippen molar-refractivity contribution in [3.05, 3.63) is 53.2 Å². The van der Waals surface area contributed by atoms with Gasteiger partial charge in [0.05, 0.1) is 28.9 Å². The summed E-state index contributed by atoms with van der Waals surface area (Å²) in [6.07, 6.45) is 6.09. The molecule has 0 radical (unpaired) electrons. The highest BCUT2D eigenvalue weighted by Crippen LogP contribution is 2.34. The number of nitrogens with zero attached hydrogens (tertiary/aromatic N) is 5. The van der Waals surface area contributed by atoms with Crippen LogP contribution < -0.4 is 10.6 Å². The van der Waals surface area contributed by atoms with Gasteiger partial charge in [-0.15, -0.1) is 11.3 Å². The van der Waals surface area contributed by atoms with Gasteiger partial charge in [-0.25, -0.2) is 4.98 Å². The first-order valence-corrected chi connectivity index (χ1v) is 12.5. The van der Waals surface area contributed by atoms with E-state index in [0.29, 0.717) is 12.0 Å². The quantitative estimate of drug-likeness (QED) is 0.353. The van der Waals surface area contributed by atoms with Crippen molar-refractivity contribution < 1.29 is 5.11 Å². The van der Waals surface area contributed by atoms with Crippen LogP contribution in [0, 0.1) is 6.92 Å². The second kappa shape index (κ2) is 8.98. The van der Waals surface area contributed by atoms with Gasteiger partial charge in [0.15, 0.2) is 0 Å². The Kier molecular flexibility index (Phi) is 6.01. The third-order valence-electron chi connectivity index (χ3n) is 6.37. The first kappa shape index (κ1) is 22.8. The van der Waals surface area contributed by atoms with Crippen molar-refractivity contribution >= 4 is 44.7 Å². The number of thiophene rings is 1. The van der Waals surface area contributed by atoms with Gasteiger partial charge < -0.3 is 20.6 Å². The minimum atomic E-state index is -0.919. The van der Waals surface area contributed by atoms with E-state index in [0.717, 1.165) is 64.5 Å². The number of aromatic nitrogens is 4. The van der Waals surface area contributed by atoms with Crippen molar-refractivity contribution in [3.63, 3.8) is 0 Å². The Morgan fingerprint density at radius 2 is 1.91 bits per heavy atom. The summed E-state index contributed by atoms with van der Waals surface area (Å²) in [5.41, 5.74) is 2.79. The molecule has 178 valence electrons. The van der Waals surface area contributed by atoms with E-state index in [1.54, 1.807) is 25.2 Å². The molecule has 1 aliphatic rings. The van der Waals surface area contributed by atoms with Crippen molar-refractivity contribution in [1.29, 1.82) is 0 Å². The molecule has 3 aromatic heterocycles. The number of rotatable bonds is 6. The molecule has 0 atom stereocenters. The van der Waals surface area contributed by atoms with Crippen LogP contribution in [-0.2, 0) is 5.60 Å². The number of anilines is 4. The molecule has 3 N–H and O–H groups in total. The van der Waals surface area contributed by atoms with E-state index in [1.807, 2.05) is 36.7 Å². The lowest BCUT2D eigenvalue weighted by Crippen LogP contribution is -2.31. The van der Waals surface area contributed by atoms with E-state index in [4.69, 9.17) is 9.97 Å². The van der Waals surface area contributed by atoms with E-state index >= 15 is 0 Å². The molecule has 0 amide bonds. The normalized spacial score (nSPS) is 15.7. The molecule has 4 aromatic rings. The Bertz CT molecular complexity index is 1300. The molecule has 8 nitrogen and oxygen atoms in total. The summed E-state index contributed by atoms with van der Waals surface area (Å²) in [5.74, 6) is 1.26. The summed E-state index contributed by atoms with van der Waals surface area (Å²) in [4.78, 5) is 12.8. The SMILES string of the molecule is Cc1csc2nc(Nc3cnn(C4CCN(C)CC4)c3)nc(Nc3cccc(C(C)(C)O)c3)c12. The highest BCUT2D eigenvalue weighted by Gasteiger charge is 2.20. The molecule has 4 heterocycles. The van der Waals surface area contributed by atoms with E-state index < -0.39 is 5.60 Å². The van der Waals surface area contributed by atoms with Gasteiger partial charge in [0.25, 0.3) is 0 Å². The summed E-state index contributed by atoms with van der Waals surface area (Å²) in [6, 6.07) is 8.21. The average Bonchev–Trinajstić information content (AvgIpc) is 3.41. The first-order valence-electron chi connectivity index (χ1n) is 11.6. The van der Waals surface area contributed by atoms with E-state index in [-0.39, 0.29) is 0 Å². The molecule has 1 aromatic carbocycles. The summed E-state index contributed by atoms with van der Waals surface area (Å²) in [7, 11) is 2.17. The lowest BCUT2D eigenvalue weighted by molar-refractivity contribution is 0.0786. The second-order valence-electron chi connectivity index (χ2n) is 9.63. The molecule has 0 bridgehead atoms. The van der Waals surface area contributed by atoms with Gasteiger partial charge >= 0.3 is 0 Å². The maximum atomic E-state index is 10.4. The van der Waals surface area contributed by atoms with Crippen molar-refractivity contribution in [2.24, 2.45) is 0 Å². The van der Waals surface area contributed by atoms with Crippen LogP contribution in [0.25, 0.3) is 10.2 Å². The highest BCUT2D eigenvalue weighted by atomic mass is 32.1. The van der Waals surface area contributed by atoms with Crippen molar-refractivity contribution in [2.45, 2.75) is 45.3 Å². The molecule has 1 saturated heterocycles. The van der Waals surface area contributed by atoms with Gasteiger partial charge in [-0.1, -0.05) is 12.1 Å². The fourth-order valence-corrected chi connectivity index (χ4v) is 5.26. The zero-order chi connectivity index (χ0) is 23.9. The zero-order valence-corrected chi connectivity index (χ0v) is 20.9. The fraction of sp³-hybridized carbons (Fsp3) is 0.400. The topological polar surface area (TPSA) is 91.1 Å². The summed E-state index contributed by atoms with van der Waals surface area (Å²) >= 11 is 1.60.